The van der Waals surface area contributed by atoms with E-state index in [4.69, 9.17) is 22.1 Å². The van der Waals surface area contributed by atoms with Crippen molar-refractivity contribution < 1.29 is 4.74 Å². The second kappa shape index (κ2) is 6.97. The zero-order valence-corrected chi connectivity index (χ0v) is 16.0. The Morgan fingerprint density at radius 3 is 2.89 bits per heavy atom. The molecule has 2 atom stereocenters. The molecule has 1 aliphatic rings. The molecular formula is C23H20ClN3O. The molecule has 28 heavy (non-hydrogen) atoms. The first kappa shape index (κ1) is 17.3. The van der Waals surface area contributed by atoms with Crippen LogP contribution in [0.5, 0.6) is 11.5 Å². The van der Waals surface area contributed by atoms with Crippen LogP contribution in [0.4, 0.5) is 0 Å². The van der Waals surface area contributed by atoms with Gasteiger partial charge in [-0.1, -0.05) is 41.9 Å². The van der Waals surface area contributed by atoms with Crippen molar-refractivity contribution in [3.05, 3.63) is 88.7 Å². The number of benzene rings is 3. The summed E-state index contributed by atoms with van der Waals surface area (Å²) in [5.41, 5.74) is 12.1. The Bertz CT molecular complexity index is 1150. The van der Waals surface area contributed by atoms with Gasteiger partial charge < -0.3 is 15.5 Å². The molecule has 4 aromatic rings. The van der Waals surface area contributed by atoms with Crippen molar-refractivity contribution in [1.82, 2.24) is 9.97 Å². The number of ether oxygens (including phenoxy) is 1. The van der Waals surface area contributed by atoms with Gasteiger partial charge in [-0.15, -0.1) is 0 Å². The minimum Gasteiger partial charge on any atom is -0.456 e. The summed E-state index contributed by atoms with van der Waals surface area (Å²) in [6.45, 7) is 0. The summed E-state index contributed by atoms with van der Waals surface area (Å²) in [6, 6.07) is 20.4. The topological polar surface area (TPSA) is 63.9 Å². The number of aromatic amines is 1. The normalized spacial score (nSPS) is 18.4. The smallest absolute Gasteiger partial charge is 0.146 e. The lowest BCUT2D eigenvalue weighted by molar-refractivity contribution is 0.483. The predicted octanol–water partition coefficient (Wildman–Crippen LogP) is 5.22. The fraction of sp³-hybridized carbons (Fsp3) is 0.174. The van der Waals surface area contributed by atoms with E-state index in [-0.39, 0.29) is 6.04 Å². The van der Waals surface area contributed by atoms with Crippen molar-refractivity contribution in [3.8, 4) is 11.5 Å². The molecule has 1 heterocycles. The summed E-state index contributed by atoms with van der Waals surface area (Å²) >= 11 is 6.52. The van der Waals surface area contributed by atoms with E-state index in [1.54, 1.807) is 6.33 Å². The molecule has 0 saturated carbocycles. The van der Waals surface area contributed by atoms with Crippen molar-refractivity contribution in [2.75, 3.05) is 0 Å². The van der Waals surface area contributed by atoms with Gasteiger partial charge in [-0.05, 0) is 53.8 Å². The van der Waals surface area contributed by atoms with E-state index in [1.807, 2.05) is 30.3 Å². The van der Waals surface area contributed by atoms with Crippen LogP contribution in [0.1, 0.15) is 22.6 Å². The molecule has 140 valence electrons. The molecule has 2 unspecified atom stereocenters. The van der Waals surface area contributed by atoms with Gasteiger partial charge in [0.1, 0.15) is 11.5 Å². The Morgan fingerprint density at radius 1 is 1.11 bits per heavy atom. The SMILES string of the molecule is NC1Cc2ccccc2C1Cc1ccc(Oc2ccc3nc[nH]c3c2)c(Cl)c1. The van der Waals surface area contributed by atoms with Crippen molar-refractivity contribution in [2.24, 2.45) is 5.73 Å². The highest BCUT2D eigenvalue weighted by Crippen LogP contribution is 2.37. The van der Waals surface area contributed by atoms with Gasteiger partial charge in [0.15, 0.2) is 0 Å². The minimum absolute atomic E-state index is 0.147. The van der Waals surface area contributed by atoms with Gasteiger partial charge >= 0.3 is 0 Å². The van der Waals surface area contributed by atoms with Gasteiger partial charge in [0, 0.05) is 18.0 Å². The number of nitrogens with two attached hydrogens (primary N) is 1. The largest absolute Gasteiger partial charge is 0.456 e. The molecule has 0 radical (unpaired) electrons. The monoisotopic (exact) mass is 389 g/mol. The van der Waals surface area contributed by atoms with Gasteiger partial charge in [0.2, 0.25) is 0 Å². The number of H-pyrrole nitrogens is 1. The Balaban J connectivity index is 1.36. The van der Waals surface area contributed by atoms with Gasteiger partial charge in [-0.3, -0.25) is 0 Å². The third-order valence-electron chi connectivity index (χ3n) is 5.50. The van der Waals surface area contributed by atoms with Crippen LogP contribution in [0, 0.1) is 0 Å². The number of imidazole rings is 1. The third-order valence-corrected chi connectivity index (χ3v) is 5.79. The molecule has 0 bridgehead atoms. The molecule has 1 aliphatic carbocycles. The number of fused-ring (bicyclic) bond motifs is 2. The average Bonchev–Trinajstić information content (AvgIpc) is 3.28. The standard InChI is InChI=1S/C23H20ClN3O/c24-19-10-14(9-18-17-4-2-1-3-15(17)11-20(18)25)5-8-23(19)28-16-6-7-21-22(12-16)27-13-26-21/h1-8,10,12-13,18,20H,9,11,25H2,(H,26,27). The maximum atomic E-state index is 6.52. The first-order valence-electron chi connectivity index (χ1n) is 9.40. The summed E-state index contributed by atoms with van der Waals surface area (Å²) in [4.78, 5) is 7.31. The molecule has 0 amide bonds. The lowest BCUT2D eigenvalue weighted by atomic mass is 9.91. The lowest BCUT2D eigenvalue weighted by Gasteiger charge is -2.17. The molecule has 3 N–H and O–H groups in total. The van der Waals surface area contributed by atoms with E-state index < -0.39 is 0 Å². The first-order valence-corrected chi connectivity index (χ1v) is 9.78. The Labute approximate surface area is 168 Å². The highest BCUT2D eigenvalue weighted by atomic mass is 35.5. The summed E-state index contributed by atoms with van der Waals surface area (Å²) in [5, 5.41) is 0.599. The molecule has 0 aliphatic heterocycles. The van der Waals surface area contributed by atoms with E-state index in [0.717, 1.165) is 29.6 Å². The number of rotatable bonds is 4. The summed E-state index contributed by atoms with van der Waals surface area (Å²) < 4.78 is 5.98. The summed E-state index contributed by atoms with van der Waals surface area (Å²) in [6.07, 6.45) is 3.48. The highest BCUT2D eigenvalue weighted by Gasteiger charge is 2.29. The van der Waals surface area contributed by atoms with Gasteiger partial charge in [0.25, 0.3) is 0 Å². The fourth-order valence-corrected chi connectivity index (χ4v) is 4.32. The van der Waals surface area contributed by atoms with Crippen molar-refractivity contribution in [1.29, 1.82) is 0 Å². The molecular weight excluding hydrogens is 370 g/mol. The van der Waals surface area contributed by atoms with Crippen LogP contribution in [0.2, 0.25) is 5.02 Å². The maximum Gasteiger partial charge on any atom is 0.146 e. The van der Waals surface area contributed by atoms with Crippen molar-refractivity contribution in [2.45, 2.75) is 24.8 Å². The van der Waals surface area contributed by atoms with Crippen LogP contribution in [0.3, 0.4) is 0 Å². The van der Waals surface area contributed by atoms with Crippen molar-refractivity contribution in [3.63, 3.8) is 0 Å². The molecule has 5 rings (SSSR count). The molecule has 0 fully saturated rings. The third kappa shape index (κ3) is 3.15. The molecule has 0 saturated heterocycles. The number of hydrogen-bond donors (Lipinski definition) is 2. The molecule has 5 heteroatoms. The maximum absolute atomic E-state index is 6.52. The minimum atomic E-state index is 0.147. The van der Waals surface area contributed by atoms with Gasteiger partial charge in [-0.25, -0.2) is 4.98 Å². The molecule has 0 spiro atoms. The highest BCUT2D eigenvalue weighted by molar-refractivity contribution is 6.32. The first-order chi connectivity index (χ1) is 13.7. The van der Waals surface area contributed by atoms with Crippen LogP contribution in [-0.4, -0.2) is 16.0 Å². The van der Waals surface area contributed by atoms with Crippen LogP contribution in [0.25, 0.3) is 11.0 Å². The summed E-state index contributed by atoms with van der Waals surface area (Å²) in [5.74, 6) is 1.68. The van der Waals surface area contributed by atoms with E-state index in [0.29, 0.717) is 16.7 Å². The molecule has 3 aromatic carbocycles. The van der Waals surface area contributed by atoms with Crippen LogP contribution >= 0.6 is 11.6 Å². The van der Waals surface area contributed by atoms with Gasteiger partial charge in [-0.2, -0.15) is 0 Å². The second-order valence-corrected chi connectivity index (χ2v) is 7.73. The van der Waals surface area contributed by atoms with Crippen LogP contribution in [0.15, 0.2) is 67.0 Å². The fourth-order valence-electron chi connectivity index (χ4n) is 4.08. The van der Waals surface area contributed by atoms with E-state index in [9.17, 15) is 0 Å². The lowest BCUT2D eigenvalue weighted by Crippen LogP contribution is -2.26. The van der Waals surface area contributed by atoms with E-state index in [1.165, 1.54) is 16.7 Å². The Kier molecular flexibility index (Phi) is 4.30. The average molecular weight is 390 g/mol. The Morgan fingerprint density at radius 2 is 2.00 bits per heavy atom. The van der Waals surface area contributed by atoms with Crippen LogP contribution < -0.4 is 10.5 Å². The number of nitrogens with one attached hydrogen (secondary N) is 1. The van der Waals surface area contributed by atoms with E-state index >= 15 is 0 Å². The second-order valence-electron chi connectivity index (χ2n) is 7.33. The number of aromatic nitrogens is 2. The number of nitrogens with zero attached hydrogens (tertiary/aromatic N) is 1. The quantitative estimate of drug-likeness (QED) is 0.503. The van der Waals surface area contributed by atoms with Crippen molar-refractivity contribution >= 4 is 22.6 Å². The zero-order chi connectivity index (χ0) is 19.1. The van der Waals surface area contributed by atoms with Gasteiger partial charge in [0.05, 0.1) is 22.4 Å². The number of hydrogen-bond acceptors (Lipinski definition) is 3. The predicted molar refractivity (Wildman–Crippen MR) is 112 cm³/mol. The van der Waals surface area contributed by atoms with Crippen LogP contribution in [-0.2, 0) is 12.8 Å². The molecule has 4 nitrogen and oxygen atoms in total. The van der Waals surface area contributed by atoms with E-state index in [2.05, 4.69) is 40.3 Å². The molecule has 1 aromatic heterocycles. The summed E-state index contributed by atoms with van der Waals surface area (Å²) in [7, 11) is 0. The number of halogens is 1. The zero-order valence-electron chi connectivity index (χ0n) is 15.2. The Hall–Kier alpha value is -2.82.